The standard InChI is InChI=1S/C53H97F3Si7/c1-45(2,3)57(25,46(4,5)6)61-38-44(40-32-30-29-31-33-40)63(61,60(28,51(19,20)21)52(22,23)24)62(58(26,47(7,8)9)48(10,11)12,59(27,49(13,14)15)50(16,17)18)39-43(61)41-34-36-42(37-35-41)53(54,55)56/h29-38,43H,39H2,1-28H3/t43?,61-,63-/m0/s1. The zero-order valence-electron chi connectivity index (χ0n) is 46.2. The largest absolute Gasteiger partial charge is 0.416 e. The summed E-state index contributed by atoms with van der Waals surface area (Å²) in [6.07, 6.45) is -4.38. The van der Waals surface area contributed by atoms with Crippen LogP contribution in [0.15, 0.2) is 60.3 Å². The van der Waals surface area contributed by atoms with Gasteiger partial charge in [-0.15, -0.1) is 0 Å². The predicted octanol–water partition coefficient (Wildman–Crippen LogP) is 19.0. The Balaban J connectivity index is 2.86. The van der Waals surface area contributed by atoms with Crippen LogP contribution in [0, 0.1) is 0 Å². The molecule has 1 saturated heterocycles. The van der Waals surface area contributed by atoms with Crippen LogP contribution >= 0.6 is 0 Å². The van der Waals surface area contributed by atoms with Crippen LogP contribution in [0.1, 0.15) is 188 Å². The highest BCUT2D eigenvalue weighted by Crippen LogP contribution is 2.83. The van der Waals surface area contributed by atoms with E-state index < -0.39 is 62.5 Å². The van der Waals surface area contributed by atoms with Crippen molar-refractivity contribution in [3.05, 3.63) is 77.0 Å². The summed E-state index contributed by atoms with van der Waals surface area (Å²) in [5, 5.41) is 2.33. The molecule has 4 rings (SSSR count). The molecule has 0 nitrogen and oxygen atoms in total. The summed E-state index contributed by atoms with van der Waals surface area (Å²) in [7, 11) is -13.4. The Bertz CT molecular complexity index is 1930. The van der Waals surface area contributed by atoms with Crippen molar-refractivity contribution in [2.45, 2.75) is 250 Å². The normalized spacial score (nSPS) is 23.9. The summed E-state index contributed by atoms with van der Waals surface area (Å²) >= 11 is 0. The van der Waals surface area contributed by atoms with Crippen LogP contribution in [-0.2, 0) is 6.18 Å². The molecule has 1 fully saturated rings. The lowest BCUT2D eigenvalue weighted by molar-refractivity contribution is -0.137. The summed E-state index contributed by atoms with van der Waals surface area (Å²) in [5.74, 6) is 0. The molecule has 0 N–H and O–H groups in total. The van der Waals surface area contributed by atoms with Gasteiger partial charge in [-0.3, -0.25) is 0 Å². The van der Waals surface area contributed by atoms with Crippen LogP contribution in [0.25, 0.3) is 5.20 Å². The highest BCUT2D eigenvalue weighted by Gasteiger charge is 2.98. The highest BCUT2D eigenvalue weighted by molar-refractivity contribution is 8.21. The first-order chi connectivity index (χ1) is 27.5. The Labute approximate surface area is 394 Å². The number of hydrogen-bond acceptors (Lipinski definition) is 0. The van der Waals surface area contributed by atoms with Crippen LogP contribution in [0.5, 0.6) is 0 Å². The van der Waals surface area contributed by atoms with Crippen molar-refractivity contribution >= 4 is 55.9 Å². The van der Waals surface area contributed by atoms with Gasteiger partial charge in [-0.2, -0.15) is 13.2 Å². The van der Waals surface area contributed by atoms with E-state index in [2.05, 4.69) is 228 Å². The topological polar surface area (TPSA) is 0 Å². The monoisotopic (exact) mass is 987 g/mol. The fraction of sp³-hybridized carbons (Fsp3) is 0.736. The van der Waals surface area contributed by atoms with E-state index in [4.69, 9.17) is 0 Å². The second-order valence-electron chi connectivity index (χ2n) is 29.8. The molecule has 0 radical (unpaired) electrons. The van der Waals surface area contributed by atoms with Crippen molar-refractivity contribution in [1.29, 1.82) is 0 Å². The Morgan fingerprint density at radius 3 is 1.03 bits per heavy atom. The summed E-state index contributed by atoms with van der Waals surface area (Å²) in [6.45, 7) is 70.8. The van der Waals surface area contributed by atoms with E-state index in [-0.39, 0.29) is 45.8 Å². The Hall–Kier alpha value is -0.512. The highest BCUT2D eigenvalue weighted by atomic mass is 30.2. The Morgan fingerprint density at radius 1 is 0.429 bits per heavy atom. The van der Waals surface area contributed by atoms with Gasteiger partial charge in [0.1, 0.15) is 0 Å². The van der Waals surface area contributed by atoms with Gasteiger partial charge in [-0.05, 0) is 69.1 Å². The molecule has 10 heteroatoms. The van der Waals surface area contributed by atoms with Gasteiger partial charge in [0.25, 0.3) is 0 Å². The third-order valence-electron chi connectivity index (χ3n) is 21.1. The third-order valence-corrected chi connectivity index (χ3v) is 182. The molecular formula is C53H97F3Si7. The van der Waals surface area contributed by atoms with Crippen LogP contribution in [-0.4, -0.2) is 50.7 Å². The van der Waals surface area contributed by atoms with E-state index in [0.717, 1.165) is 0 Å². The fourth-order valence-electron chi connectivity index (χ4n) is 17.4. The van der Waals surface area contributed by atoms with E-state index in [1.54, 1.807) is 0 Å². The molecule has 0 amide bonds. The molecule has 2 heterocycles. The van der Waals surface area contributed by atoms with Gasteiger partial charge in [0.05, 0.1) is 49.7 Å². The molecular weight excluding hydrogens is 890 g/mol. The minimum absolute atomic E-state index is 0.0387. The van der Waals surface area contributed by atoms with Crippen LogP contribution in [0.3, 0.4) is 0 Å². The first-order valence-corrected chi connectivity index (χ1v) is 46.8. The molecule has 2 aliphatic rings. The van der Waals surface area contributed by atoms with Crippen LogP contribution in [0.4, 0.5) is 13.2 Å². The number of benzene rings is 2. The van der Waals surface area contributed by atoms with Gasteiger partial charge < -0.3 is 0 Å². The lowest BCUT2D eigenvalue weighted by Gasteiger charge is -2.84. The lowest BCUT2D eigenvalue weighted by atomic mass is 10.1. The fourth-order valence-corrected chi connectivity index (χ4v) is 314. The summed E-state index contributed by atoms with van der Waals surface area (Å²) in [5.41, 5.74) is 5.70. The van der Waals surface area contributed by atoms with Crippen molar-refractivity contribution in [1.82, 2.24) is 0 Å². The number of fused-ring (bicyclic) bond motifs is 1. The van der Waals surface area contributed by atoms with Crippen LogP contribution in [0.2, 0.25) is 72.5 Å². The summed E-state index contributed by atoms with van der Waals surface area (Å²) < 4.78 is 44.2. The van der Waals surface area contributed by atoms with Crippen molar-refractivity contribution in [2.75, 3.05) is 0 Å². The van der Waals surface area contributed by atoms with Crippen molar-refractivity contribution in [3.8, 4) is 0 Å². The molecule has 2 aromatic rings. The van der Waals surface area contributed by atoms with E-state index in [1.807, 2.05) is 17.3 Å². The molecule has 0 bridgehead atoms. The van der Waals surface area contributed by atoms with Gasteiger partial charge in [-0.25, -0.2) is 0 Å². The lowest BCUT2D eigenvalue weighted by Crippen LogP contribution is -3.07. The van der Waals surface area contributed by atoms with Gasteiger partial charge in [0.2, 0.25) is 0 Å². The molecule has 0 aromatic heterocycles. The van der Waals surface area contributed by atoms with Crippen molar-refractivity contribution in [2.24, 2.45) is 0 Å². The zero-order chi connectivity index (χ0) is 49.7. The van der Waals surface area contributed by atoms with E-state index in [1.165, 1.54) is 29.3 Å². The number of halogens is 3. The van der Waals surface area contributed by atoms with Gasteiger partial charge in [0, 0.05) is 6.63 Å². The van der Waals surface area contributed by atoms with Crippen molar-refractivity contribution in [3.63, 3.8) is 0 Å². The van der Waals surface area contributed by atoms with E-state index in [0.29, 0.717) is 0 Å². The molecule has 358 valence electrons. The first-order valence-electron chi connectivity index (χ1n) is 24.5. The average molecular weight is 988 g/mol. The van der Waals surface area contributed by atoms with Gasteiger partial charge in [0.15, 0.2) is 0 Å². The number of rotatable bonds is 6. The number of alkyl halides is 3. The molecule has 0 saturated carbocycles. The molecule has 0 aliphatic carbocycles. The third kappa shape index (κ3) is 6.75. The SMILES string of the molecule is CC(C)(C)[Si](C)(C(C)(C)C)[Si]1([Si](C)(C(C)(C)C)C(C)(C)C)CC(c2ccc(C(F)(F)F)cc2)[Si@]2([Si](C)(C(C)(C)C)C(C)(C)C)C=C(c3ccccc3)[Si@@]12[Si](C)(C(C)(C)C)C(C)(C)C. The van der Waals surface area contributed by atoms with Gasteiger partial charge in [-0.1, -0.05) is 252 Å². The van der Waals surface area contributed by atoms with Crippen molar-refractivity contribution < 1.29 is 13.2 Å². The van der Waals surface area contributed by atoms with Crippen LogP contribution < -0.4 is 0 Å². The summed E-state index contributed by atoms with van der Waals surface area (Å²) in [4.78, 5) is 0. The quantitative estimate of drug-likeness (QED) is 0.253. The van der Waals surface area contributed by atoms with Gasteiger partial charge >= 0.3 is 6.18 Å². The molecule has 2 aromatic carbocycles. The summed E-state index contributed by atoms with van der Waals surface area (Å²) in [6, 6.07) is 20.3. The zero-order valence-corrected chi connectivity index (χ0v) is 53.2. The maximum absolute atomic E-state index is 14.7. The minimum Gasteiger partial charge on any atom is -0.166 e. The Morgan fingerprint density at radius 2 is 0.746 bits per heavy atom. The smallest absolute Gasteiger partial charge is 0.166 e. The molecule has 0 spiro atoms. The molecule has 3 atom stereocenters. The second-order valence-corrected chi connectivity index (χ2v) is 99.7. The predicted molar refractivity (Wildman–Crippen MR) is 295 cm³/mol. The minimum atomic E-state index is -4.38. The molecule has 63 heavy (non-hydrogen) atoms. The molecule has 2 aliphatic heterocycles. The van der Waals surface area contributed by atoms with E-state index in [9.17, 15) is 13.2 Å². The molecule has 1 unspecified atom stereocenters. The maximum atomic E-state index is 14.7. The number of hydrogen-bond donors (Lipinski definition) is 0. The average Bonchev–Trinajstić information content (AvgIpc) is 3.26. The second kappa shape index (κ2) is 15.2. The maximum Gasteiger partial charge on any atom is 0.416 e. The van der Waals surface area contributed by atoms with E-state index >= 15 is 0 Å². The first kappa shape index (κ1) is 55.1. The Kier molecular flexibility index (Phi) is 13.3.